The van der Waals surface area contributed by atoms with Crippen LogP contribution in [0.3, 0.4) is 0 Å². The van der Waals surface area contributed by atoms with Gasteiger partial charge in [0.2, 0.25) is 0 Å². The standard InChI is InChI=1S/C17H20FNO2.BrH/c1-20-16-5-3-4-14(17(16)21-2)12-19-11-10-13-6-8-15(18)9-7-13;/h3-9,19H,10-12H2,1-2H3;1H. The lowest BCUT2D eigenvalue weighted by molar-refractivity contribution is 0.350. The van der Waals surface area contributed by atoms with Gasteiger partial charge in [0, 0.05) is 12.1 Å². The first-order chi connectivity index (χ1) is 10.2. The molecule has 0 aliphatic rings. The summed E-state index contributed by atoms with van der Waals surface area (Å²) in [5, 5.41) is 3.36. The fourth-order valence-electron chi connectivity index (χ4n) is 2.20. The van der Waals surface area contributed by atoms with Crippen LogP contribution in [0.1, 0.15) is 11.1 Å². The molecule has 1 N–H and O–H groups in total. The van der Waals surface area contributed by atoms with Gasteiger partial charge in [0.1, 0.15) is 5.82 Å². The number of ether oxygens (including phenoxy) is 2. The lowest BCUT2D eigenvalue weighted by atomic mass is 10.1. The Hall–Kier alpha value is -1.59. The van der Waals surface area contributed by atoms with Crippen LogP contribution >= 0.6 is 17.0 Å². The van der Waals surface area contributed by atoms with Crippen LogP contribution in [0.5, 0.6) is 11.5 Å². The Morgan fingerprint density at radius 2 is 1.73 bits per heavy atom. The number of para-hydroxylation sites is 1. The normalized spacial score (nSPS) is 9.95. The highest BCUT2D eigenvalue weighted by Crippen LogP contribution is 2.30. The predicted octanol–water partition coefficient (Wildman–Crippen LogP) is 3.75. The van der Waals surface area contributed by atoms with Crippen molar-refractivity contribution in [3.8, 4) is 11.5 Å². The molecule has 0 amide bonds. The van der Waals surface area contributed by atoms with E-state index in [-0.39, 0.29) is 22.8 Å². The van der Waals surface area contributed by atoms with Crippen LogP contribution in [0.4, 0.5) is 4.39 Å². The molecule has 5 heteroatoms. The summed E-state index contributed by atoms with van der Waals surface area (Å²) in [6, 6.07) is 12.4. The Morgan fingerprint density at radius 1 is 1.00 bits per heavy atom. The van der Waals surface area contributed by atoms with E-state index in [1.807, 2.05) is 30.3 Å². The van der Waals surface area contributed by atoms with Gasteiger partial charge in [-0.2, -0.15) is 0 Å². The fourth-order valence-corrected chi connectivity index (χ4v) is 2.20. The SMILES string of the molecule is Br.COc1cccc(CNCCc2ccc(F)cc2)c1OC. The Bertz CT molecular complexity index is 575. The van der Waals surface area contributed by atoms with Gasteiger partial charge < -0.3 is 14.8 Å². The summed E-state index contributed by atoms with van der Waals surface area (Å²) in [6.45, 7) is 1.51. The highest BCUT2D eigenvalue weighted by atomic mass is 79.9. The molecular weight excluding hydrogens is 349 g/mol. The maximum absolute atomic E-state index is 12.8. The van der Waals surface area contributed by atoms with Crippen molar-refractivity contribution in [1.29, 1.82) is 0 Å². The quantitative estimate of drug-likeness (QED) is 0.753. The van der Waals surface area contributed by atoms with E-state index in [1.54, 1.807) is 14.2 Å². The highest BCUT2D eigenvalue weighted by molar-refractivity contribution is 8.93. The van der Waals surface area contributed by atoms with E-state index in [9.17, 15) is 4.39 Å². The molecule has 0 spiro atoms. The molecule has 120 valence electrons. The van der Waals surface area contributed by atoms with Crippen molar-refractivity contribution in [2.75, 3.05) is 20.8 Å². The van der Waals surface area contributed by atoms with Crippen molar-refractivity contribution < 1.29 is 13.9 Å². The number of hydrogen-bond acceptors (Lipinski definition) is 3. The molecule has 0 unspecified atom stereocenters. The minimum atomic E-state index is -0.201. The maximum Gasteiger partial charge on any atom is 0.165 e. The summed E-state index contributed by atoms with van der Waals surface area (Å²) in [5.41, 5.74) is 2.16. The van der Waals surface area contributed by atoms with Crippen LogP contribution in [0, 0.1) is 5.82 Å². The minimum Gasteiger partial charge on any atom is -0.493 e. The molecule has 0 aliphatic carbocycles. The van der Waals surface area contributed by atoms with Crippen LogP contribution in [-0.2, 0) is 13.0 Å². The van der Waals surface area contributed by atoms with E-state index in [0.29, 0.717) is 6.54 Å². The van der Waals surface area contributed by atoms with Gasteiger partial charge in [-0.05, 0) is 36.7 Å². The summed E-state index contributed by atoms with van der Waals surface area (Å²) in [4.78, 5) is 0. The van der Waals surface area contributed by atoms with Crippen molar-refractivity contribution >= 4 is 17.0 Å². The van der Waals surface area contributed by atoms with Gasteiger partial charge in [-0.3, -0.25) is 0 Å². The van der Waals surface area contributed by atoms with Crippen molar-refractivity contribution in [1.82, 2.24) is 5.32 Å². The number of halogens is 2. The van der Waals surface area contributed by atoms with Crippen molar-refractivity contribution in [3.63, 3.8) is 0 Å². The van der Waals surface area contributed by atoms with Crippen LogP contribution in [0.25, 0.3) is 0 Å². The Labute approximate surface area is 141 Å². The summed E-state index contributed by atoms with van der Waals surface area (Å²) in [6.07, 6.45) is 0.854. The molecule has 0 saturated carbocycles. The van der Waals surface area contributed by atoms with Crippen LogP contribution in [0.2, 0.25) is 0 Å². The van der Waals surface area contributed by atoms with Crippen LogP contribution in [0.15, 0.2) is 42.5 Å². The van der Waals surface area contributed by atoms with Crippen molar-refractivity contribution in [2.24, 2.45) is 0 Å². The van der Waals surface area contributed by atoms with Crippen LogP contribution in [-0.4, -0.2) is 20.8 Å². The second-order valence-electron chi connectivity index (χ2n) is 4.71. The molecule has 2 aromatic carbocycles. The average molecular weight is 370 g/mol. The van der Waals surface area contributed by atoms with Crippen molar-refractivity contribution in [3.05, 3.63) is 59.4 Å². The first kappa shape index (κ1) is 18.5. The zero-order chi connectivity index (χ0) is 15.1. The van der Waals surface area contributed by atoms with E-state index in [4.69, 9.17) is 9.47 Å². The van der Waals surface area contributed by atoms with E-state index >= 15 is 0 Å². The summed E-state index contributed by atoms with van der Waals surface area (Å²) < 4.78 is 23.5. The first-order valence-corrected chi connectivity index (χ1v) is 6.89. The average Bonchev–Trinajstić information content (AvgIpc) is 2.52. The van der Waals surface area contributed by atoms with E-state index in [1.165, 1.54) is 12.1 Å². The van der Waals surface area contributed by atoms with E-state index in [0.717, 1.165) is 35.6 Å². The van der Waals surface area contributed by atoms with Gasteiger partial charge >= 0.3 is 0 Å². The lowest BCUT2D eigenvalue weighted by Crippen LogP contribution is -2.17. The highest BCUT2D eigenvalue weighted by Gasteiger charge is 2.08. The van der Waals surface area contributed by atoms with Gasteiger partial charge in [-0.25, -0.2) is 4.39 Å². The largest absolute Gasteiger partial charge is 0.493 e. The lowest BCUT2D eigenvalue weighted by Gasteiger charge is -2.13. The fraction of sp³-hybridized carbons (Fsp3) is 0.294. The van der Waals surface area contributed by atoms with Gasteiger partial charge in [0.15, 0.2) is 11.5 Å². The third-order valence-corrected chi connectivity index (χ3v) is 3.30. The number of benzene rings is 2. The third kappa shape index (κ3) is 5.00. The monoisotopic (exact) mass is 369 g/mol. The van der Waals surface area contributed by atoms with Gasteiger partial charge in [0.25, 0.3) is 0 Å². The van der Waals surface area contributed by atoms with Gasteiger partial charge in [0.05, 0.1) is 14.2 Å². The molecule has 0 fully saturated rings. The molecule has 0 saturated heterocycles. The molecule has 0 heterocycles. The molecule has 2 rings (SSSR count). The molecule has 2 aromatic rings. The van der Waals surface area contributed by atoms with Crippen molar-refractivity contribution in [2.45, 2.75) is 13.0 Å². The topological polar surface area (TPSA) is 30.5 Å². The second kappa shape index (κ2) is 9.43. The number of methoxy groups -OCH3 is 2. The Balaban J connectivity index is 0.00000242. The Kier molecular flexibility index (Phi) is 7.91. The zero-order valence-electron chi connectivity index (χ0n) is 12.8. The van der Waals surface area contributed by atoms with E-state index < -0.39 is 0 Å². The molecule has 0 atom stereocenters. The molecule has 22 heavy (non-hydrogen) atoms. The predicted molar refractivity (Wildman–Crippen MR) is 91.7 cm³/mol. The minimum absolute atomic E-state index is 0. The van der Waals surface area contributed by atoms with Gasteiger partial charge in [-0.15, -0.1) is 17.0 Å². The zero-order valence-corrected chi connectivity index (χ0v) is 14.5. The third-order valence-electron chi connectivity index (χ3n) is 3.30. The van der Waals surface area contributed by atoms with Gasteiger partial charge in [-0.1, -0.05) is 24.3 Å². The molecule has 0 aliphatic heterocycles. The maximum atomic E-state index is 12.8. The summed E-state index contributed by atoms with van der Waals surface area (Å²) >= 11 is 0. The molecule has 0 aromatic heterocycles. The smallest absolute Gasteiger partial charge is 0.165 e. The first-order valence-electron chi connectivity index (χ1n) is 6.89. The summed E-state index contributed by atoms with van der Waals surface area (Å²) in [5.74, 6) is 1.29. The molecule has 0 radical (unpaired) electrons. The Morgan fingerprint density at radius 3 is 2.36 bits per heavy atom. The van der Waals surface area contributed by atoms with Crippen LogP contribution < -0.4 is 14.8 Å². The summed E-state index contributed by atoms with van der Waals surface area (Å²) in [7, 11) is 3.27. The molecular formula is C17H21BrFNO2. The molecule has 0 bridgehead atoms. The second-order valence-corrected chi connectivity index (χ2v) is 4.71. The number of rotatable bonds is 7. The van der Waals surface area contributed by atoms with E-state index in [2.05, 4.69) is 5.32 Å². The number of nitrogens with one attached hydrogen (secondary N) is 1. The molecule has 3 nitrogen and oxygen atoms in total. The number of hydrogen-bond donors (Lipinski definition) is 1.